The number of allylic oxidation sites excluding steroid dienone is 1. The summed E-state index contributed by atoms with van der Waals surface area (Å²) in [6.07, 6.45) is 7.31. The van der Waals surface area contributed by atoms with Gasteiger partial charge in [-0.3, -0.25) is 0 Å². The molecule has 0 fully saturated rings. The van der Waals surface area contributed by atoms with Gasteiger partial charge in [0.1, 0.15) is 0 Å². The lowest BCUT2D eigenvalue weighted by atomic mass is 10.1. The van der Waals surface area contributed by atoms with Crippen LogP contribution in [0.25, 0.3) is 0 Å². The van der Waals surface area contributed by atoms with Gasteiger partial charge >= 0.3 is 0 Å². The SMILES string of the molecule is C=C(CCCCCCC(C)=S)NC. The molecule has 0 saturated heterocycles. The summed E-state index contributed by atoms with van der Waals surface area (Å²) < 4.78 is 0. The summed E-state index contributed by atoms with van der Waals surface area (Å²) in [4.78, 5) is 1.14. The summed E-state index contributed by atoms with van der Waals surface area (Å²) >= 11 is 5.01. The topological polar surface area (TPSA) is 12.0 Å². The van der Waals surface area contributed by atoms with Crippen molar-refractivity contribution in [3.8, 4) is 0 Å². The number of hydrogen-bond donors (Lipinski definition) is 1. The number of rotatable bonds is 8. The van der Waals surface area contributed by atoms with Gasteiger partial charge < -0.3 is 5.32 Å². The van der Waals surface area contributed by atoms with Crippen LogP contribution in [0.15, 0.2) is 12.3 Å². The minimum absolute atomic E-state index is 1.10. The van der Waals surface area contributed by atoms with E-state index in [2.05, 4.69) is 11.9 Å². The zero-order chi connectivity index (χ0) is 10.1. The molecule has 0 radical (unpaired) electrons. The Morgan fingerprint density at radius 3 is 2.15 bits per heavy atom. The Balaban J connectivity index is 3.08. The highest BCUT2D eigenvalue weighted by Crippen LogP contribution is 2.08. The summed E-state index contributed by atoms with van der Waals surface area (Å²) in [6, 6.07) is 0. The standard InChI is InChI=1S/C11H21NS/c1-10(12-3)8-6-4-5-7-9-11(2)13/h12H,1,4-9H2,2-3H3. The van der Waals surface area contributed by atoms with Crippen LogP contribution in [-0.2, 0) is 0 Å². The molecule has 0 heterocycles. The Kier molecular flexibility index (Phi) is 8.00. The van der Waals surface area contributed by atoms with Crippen molar-refractivity contribution in [3.63, 3.8) is 0 Å². The maximum absolute atomic E-state index is 5.01. The summed E-state index contributed by atoms with van der Waals surface area (Å²) in [5, 5.41) is 3.06. The van der Waals surface area contributed by atoms with Crippen molar-refractivity contribution in [2.75, 3.05) is 7.05 Å². The Labute approximate surface area is 87.6 Å². The van der Waals surface area contributed by atoms with E-state index in [1.54, 1.807) is 0 Å². The van der Waals surface area contributed by atoms with Crippen LogP contribution in [0.2, 0.25) is 0 Å². The molecule has 0 aliphatic heterocycles. The van der Waals surface area contributed by atoms with E-state index in [1.807, 2.05) is 14.0 Å². The third-order valence-corrected chi connectivity index (χ3v) is 2.32. The van der Waals surface area contributed by atoms with Gasteiger partial charge in [-0.15, -0.1) is 0 Å². The first kappa shape index (κ1) is 12.6. The average Bonchev–Trinajstić information content (AvgIpc) is 2.10. The first-order valence-electron chi connectivity index (χ1n) is 5.01. The van der Waals surface area contributed by atoms with Gasteiger partial charge in [-0.05, 0) is 37.5 Å². The lowest BCUT2D eigenvalue weighted by Gasteiger charge is -2.03. The van der Waals surface area contributed by atoms with Crippen molar-refractivity contribution in [3.05, 3.63) is 12.3 Å². The van der Waals surface area contributed by atoms with Gasteiger partial charge in [0.25, 0.3) is 0 Å². The number of thiocarbonyl (C=S) groups is 1. The molecule has 2 heteroatoms. The van der Waals surface area contributed by atoms with Crippen molar-refractivity contribution in [1.29, 1.82) is 0 Å². The number of unbranched alkanes of at least 4 members (excludes halogenated alkanes) is 3. The number of hydrogen-bond acceptors (Lipinski definition) is 2. The number of nitrogens with one attached hydrogen (secondary N) is 1. The molecule has 0 spiro atoms. The quantitative estimate of drug-likeness (QED) is 0.474. The zero-order valence-corrected chi connectivity index (χ0v) is 9.67. The average molecular weight is 199 g/mol. The molecule has 0 saturated carbocycles. The fourth-order valence-electron chi connectivity index (χ4n) is 1.19. The second-order valence-corrected chi connectivity index (χ2v) is 4.17. The summed E-state index contributed by atoms with van der Waals surface area (Å²) in [6.45, 7) is 5.91. The van der Waals surface area contributed by atoms with Crippen LogP contribution >= 0.6 is 12.2 Å². The van der Waals surface area contributed by atoms with Crippen molar-refractivity contribution >= 4 is 17.1 Å². The predicted octanol–water partition coefficient (Wildman–Crippen LogP) is 3.45. The molecule has 1 N–H and O–H groups in total. The van der Waals surface area contributed by atoms with Crippen LogP contribution in [0.1, 0.15) is 45.4 Å². The minimum atomic E-state index is 1.10. The van der Waals surface area contributed by atoms with E-state index in [9.17, 15) is 0 Å². The molecule has 0 aromatic rings. The van der Waals surface area contributed by atoms with E-state index in [-0.39, 0.29) is 0 Å². The lowest BCUT2D eigenvalue weighted by molar-refractivity contribution is 0.640. The lowest BCUT2D eigenvalue weighted by Crippen LogP contribution is -2.03. The van der Waals surface area contributed by atoms with Crippen molar-refractivity contribution < 1.29 is 0 Å². The van der Waals surface area contributed by atoms with Crippen molar-refractivity contribution in [2.24, 2.45) is 0 Å². The second-order valence-electron chi connectivity index (χ2n) is 3.47. The van der Waals surface area contributed by atoms with Gasteiger partial charge in [0, 0.05) is 12.7 Å². The summed E-state index contributed by atoms with van der Waals surface area (Å²) in [5.74, 6) is 0. The highest BCUT2D eigenvalue weighted by molar-refractivity contribution is 7.80. The van der Waals surface area contributed by atoms with Gasteiger partial charge in [-0.25, -0.2) is 0 Å². The van der Waals surface area contributed by atoms with Gasteiger partial charge in [0.15, 0.2) is 0 Å². The van der Waals surface area contributed by atoms with Crippen LogP contribution < -0.4 is 5.32 Å². The molecular weight excluding hydrogens is 178 g/mol. The minimum Gasteiger partial charge on any atom is -0.392 e. The van der Waals surface area contributed by atoms with Gasteiger partial charge in [0.05, 0.1) is 0 Å². The summed E-state index contributed by atoms with van der Waals surface area (Å²) in [7, 11) is 1.93. The van der Waals surface area contributed by atoms with E-state index in [0.29, 0.717) is 0 Å². The summed E-state index contributed by atoms with van der Waals surface area (Å²) in [5.41, 5.74) is 1.14. The molecule has 76 valence electrons. The van der Waals surface area contributed by atoms with Crippen molar-refractivity contribution in [2.45, 2.75) is 45.4 Å². The third-order valence-electron chi connectivity index (χ3n) is 2.11. The molecular formula is C11H21NS. The molecule has 13 heavy (non-hydrogen) atoms. The van der Waals surface area contributed by atoms with E-state index in [0.717, 1.165) is 23.4 Å². The Morgan fingerprint density at radius 1 is 1.15 bits per heavy atom. The second kappa shape index (κ2) is 8.24. The van der Waals surface area contributed by atoms with Crippen LogP contribution in [0, 0.1) is 0 Å². The monoisotopic (exact) mass is 199 g/mol. The van der Waals surface area contributed by atoms with Gasteiger partial charge in [0.2, 0.25) is 0 Å². The molecule has 0 aliphatic carbocycles. The molecule has 0 aromatic heterocycles. The Bertz CT molecular complexity index is 163. The largest absolute Gasteiger partial charge is 0.392 e. The van der Waals surface area contributed by atoms with Crippen molar-refractivity contribution in [1.82, 2.24) is 5.32 Å². The fourth-order valence-corrected chi connectivity index (χ4v) is 1.34. The Hall–Kier alpha value is -0.370. The van der Waals surface area contributed by atoms with Crippen LogP contribution in [0.4, 0.5) is 0 Å². The smallest absolute Gasteiger partial charge is 0.00310 e. The molecule has 0 aromatic carbocycles. The maximum atomic E-state index is 5.01. The molecule has 0 amide bonds. The van der Waals surface area contributed by atoms with Gasteiger partial charge in [-0.1, -0.05) is 31.6 Å². The highest BCUT2D eigenvalue weighted by atomic mass is 32.1. The molecule has 0 rings (SSSR count). The molecule has 0 atom stereocenters. The molecule has 0 aliphatic rings. The first-order chi connectivity index (χ1) is 6.16. The fraction of sp³-hybridized carbons (Fsp3) is 0.727. The normalized spacial score (nSPS) is 9.69. The molecule has 0 bridgehead atoms. The highest BCUT2D eigenvalue weighted by Gasteiger charge is 1.93. The zero-order valence-electron chi connectivity index (χ0n) is 8.86. The first-order valence-corrected chi connectivity index (χ1v) is 5.42. The molecule has 1 nitrogen and oxygen atoms in total. The van der Waals surface area contributed by atoms with Crippen LogP contribution in [-0.4, -0.2) is 11.9 Å². The van der Waals surface area contributed by atoms with Crippen LogP contribution in [0.5, 0.6) is 0 Å². The molecule has 0 unspecified atom stereocenters. The van der Waals surface area contributed by atoms with E-state index in [1.165, 1.54) is 25.7 Å². The van der Waals surface area contributed by atoms with Gasteiger partial charge in [-0.2, -0.15) is 0 Å². The Morgan fingerprint density at radius 2 is 1.69 bits per heavy atom. The van der Waals surface area contributed by atoms with E-state index >= 15 is 0 Å². The third kappa shape index (κ3) is 9.54. The van der Waals surface area contributed by atoms with Crippen LogP contribution in [0.3, 0.4) is 0 Å². The van der Waals surface area contributed by atoms with E-state index in [4.69, 9.17) is 12.2 Å². The predicted molar refractivity (Wildman–Crippen MR) is 64.2 cm³/mol. The van der Waals surface area contributed by atoms with E-state index < -0.39 is 0 Å². The maximum Gasteiger partial charge on any atom is 0.00310 e.